The summed E-state index contributed by atoms with van der Waals surface area (Å²) < 4.78 is 24.8. The SMILES string of the molecule is Cc1cc(=O)c2c(O)c3c(cc2o1)OC(C)(C)C1OC(=O)C2(CCCCC31)OC2CCc1cc(N)nc(-c2cc(N)nc(C[NH+]3C=C4C=CN=C4C3)c2)c1. The van der Waals surface area contributed by atoms with Gasteiger partial charge in [-0.05, 0) is 88.8 Å². The molecular formula is C41H43N6O7+. The number of nitrogens with one attached hydrogen (secondary N) is 1. The van der Waals surface area contributed by atoms with Crippen molar-refractivity contribution in [1.82, 2.24) is 9.97 Å². The van der Waals surface area contributed by atoms with Crippen LogP contribution >= 0.6 is 0 Å². The highest BCUT2D eigenvalue weighted by Gasteiger charge is 2.64. The Hall–Kier alpha value is -5.53. The van der Waals surface area contributed by atoms with Crippen LogP contribution in [0.3, 0.4) is 0 Å². The number of hydrogen-bond donors (Lipinski definition) is 4. The smallest absolute Gasteiger partial charge is 0.341 e. The fourth-order valence-electron chi connectivity index (χ4n) is 8.88. The number of aryl methyl sites for hydroxylation is 2. The fourth-order valence-corrected chi connectivity index (χ4v) is 8.88. The van der Waals surface area contributed by atoms with Crippen molar-refractivity contribution >= 4 is 34.3 Å². The van der Waals surface area contributed by atoms with Crippen molar-refractivity contribution in [3.05, 3.63) is 93.3 Å². The van der Waals surface area contributed by atoms with E-state index in [9.17, 15) is 14.7 Å². The lowest BCUT2D eigenvalue weighted by Crippen LogP contribution is -3.05. The molecule has 13 heteroatoms. The number of aliphatic imine (C=N–C) groups is 1. The zero-order chi connectivity index (χ0) is 37.5. The second-order valence-electron chi connectivity index (χ2n) is 15.7. The zero-order valence-corrected chi connectivity index (χ0v) is 30.5. The number of carbonyl (C=O) groups excluding carboxylic acids is 1. The van der Waals surface area contributed by atoms with Crippen molar-refractivity contribution in [2.45, 2.75) is 95.2 Å². The van der Waals surface area contributed by atoms with Crippen LogP contribution in [-0.4, -0.2) is 56.7 Å². The predicted molar refractivity (Wildman–Crippen MR) is 201 cm³/mol. The van der Waals surface area contributed by atoms with E-state index >= 15 is 0 Å². The molecular weight excluding hydrogens is 688 g/mol. The number of rotatable bonds is 6. The minimum absolute atomic E-state index is 0.0962. The second-order valence-corrected chi connectivity index (χ2v) is 15.7. The first-order chi connectivity index (χ1) is 25.9. The highest BCUT2D eigenvalue weighted by Crippen LogP contribution is 2.53. The summed E-state index contributed by atoms with van der Waals surface area (Å²) in [4.78, 5) is 41.9. The summed E-state index contributed by atoms with van der Waals surface area (Å²) in [6, 6.07) is 10.7. The largest absolute Gasteiger partial charge is 0.507 e. The van der Waals surface area contributed by atoms with Gasteiger partial charge in [-0.25, -0.2) is 14.8 Å². The van der Waals surface area contributed by atoms with Crippen molar-refractivity contribution in [3.8, 4) is 22.8 Å². The maximum absolute atomic E-state index is 14.1. The van der Waals surface area contributed by atoms with Crippen molar-refractivity contribution in [3.63, 3.8) is 0 Å². The molecule has 0 aliphatic carbocycles. The number of anilines is 2. The van der Waals surface area contributed by atoms with Crippen molar-refractivity contribution in [2.75, 3.05) is 18.0 Å². The monoisotopic (exact) mass is 731 g/mol. The maximum Gasteiger partial charge on any atom is 0.341 e. The molecule has 5 aliphatic rings. The number of benzene rings is 1. The van der Waals surface area contributed by atoms with E-state index in [1.54, 1.807) is 19.1 Å². The number of quaternary nitrogens is 1. The van der Waals surface area contributed by atoms with E-state index in [0.717, 1.165) is 47.5 Å². The Morgan fingerprint density at radius 2 is 1.87 bits per heavy atom. The molecule has 0 bridgehead atoms. The number of epoxide rings is 1. The molecule has 1 spiro atoms. The molecule has 5 atom stereocenters. The number of aromatic hydroxyl groups is 1. The average Bonchev–Trinajstić information content (AvgIpc) is 3.38. The van der Waals surface area contributed by atoms with E-state index in [4.69, 9.17) is 30.1 Å². The summed E-state index contributed by atoms with van der Waals surface area (Å²) in [5.41, 5.74) is 16.5. The van der Waals surface area contributed by atoms with Gasteiger partial charge in [-0.1, -0.05) is 6.42 Å². The number of carbonyl (C=O) groups is 1. The first-order valence-corrected chi connectivity index (χ1v) is 18.6. The van der Waals surface area contributed by atoms with Crippen molar-refractivity contribution in [2.24, 2.45) is 4.99 Å². The standard InChI is InChI=1S/C41H42N6O7/c1-21-12-29(48)36-30(51-21)17-31-35(37(36)49)26-6-4-5-10-41(39(50)52-38(26)40(2,3)53-31)32(54-41)8-7-22-13-27(46-33(42)14-22)24-15-25(45-34(43)16-24)19-47-18-23-9-11-44-28(23)20-47/h9,11-18,26,32,38,49H,4-8,10,19-20H2,1-3H3,(H2,42,46)(H2,43,45)/p+1. The van der Waals surface area contributed by atoms with Crippen molar-refractivity contribution < 1.29 is 33.4 Å². The number of phenolic OH excluding ortho intramolecular Hbond substituents is 1. The van der Waals surface area contributed by atoms with Crippen LogP contribution in [0.4, 0.5) is 11.6 Å². The molecule has 8 heterocycles. The van der Waals surface area contributed by atoms with E-state index in [0.29, 0.717) is 66.6 Å². The molecule has 5 unspecified atom stereocenters. The molecule has 5 aliphatic heterocycles. The van der Waals surface area contributed by atoms with Crippen LogP contribution in [0.25, 0.3) is 22.2 Å². The summed E-state index contributed by atoms with van der Waals surface area (Å²) in [5, 5.41) is 11.6. The van der Waals surface area contributed by atoms with Crippen LogP contribution in [0.1, 0.15) is 74.5 Å². The van der Waals surface area contributed by atoms with E-state index in [-0.39, 0.29) is 28.3 Å². The van der Waals surface area contributed by atoms with Gasteiger partial charge < -0.3 is 35.2 Å². The minimum atomic E-state index is -1.07. The van der Waals surface area contributed by atoms with Crippen LogP contribution in [0.2, 0.25) is 0 Å². The number of esters is 1. The number of nitrogens with zero attached hydrogens (tertiary/aromatic N) is 3. The van der Waals surface area contributed by atoms with E-state index < -0.39 is 29.2 Å². The van der Waals surface area contributed by atoms with Gasteiger partial charge >= 0.3 is 5.97 Å². The molecule has 0 saturated carbocycles. The van der Waals surface area contributed by atoms with Gasteiger partial charge in [0.2, 0.25) is 0 Å². The molecule has 278 valence electrons. The van der Waals surface area contributed by atoms with Gasteiger partial charge in [-0.3, -0.25) is 14.7 Å². The Bertz CT molecular complexity index is 2400. The summed E-state index contributed by atoms with van der Waals surface area (Å²) in [6.45, 7) is 6.89. The van der Waals surface area contributed by atoms with Crippen LogP contribution in [0.15, 0.2) is 74.7 Å². The minimum Gasteiger partial charge on any atom is -0.507 e. The highest BCUT2D eigenvalue weighted by atomic mass is 16.7. The Kier molecular flexibility index (Phi) is 7.94. The molecule has 3 aromatic heterocycles. The summed E-state index contributed by atoms with van der Waals surface area (Å²) in [5.74, 6) is 0.635. The highest BCUT2D eigenvalue weighted by molar-refractivity contribution is 6.06. The van der Waals surface area contributed by atoms with Crippen LogP contribution in [0.5, 0.6) is 11.5 Å². The first-order valence-electron chi connectivity index (χ1n) is 18.6. The third kappa shape index (κ3) is 5.91. The second kappa shape index (κ2) is 12.5. The number of nitrogen functional groups attached to an aromatic ring is 2. The zero-order valence-electron chi connectivity index (χ0n) is 30.5. The quantitative estimate of drug-likeness (QED) is 0.164. The first kappa shape index (κ1) is 34.3. The van der Waals surface area contributed by atoms with Gasteiger partial charge in [0.25, 0.3) is 0 Å². The topological polar surface area (TPSA) is 193 Å². The van der Waals surface area contributed by atoms with E-state index in [2.05, 4.69) is 21.2 Å². The van der Waals surface area contributed by atoms with Gasteiger partial charge in [0.15, 0.2) is 11.0 Å². The molecule has 6 N–H and O–H groups in total. The number of allylic oxidation sites excluding steroid dienone is 1. The van der Waals surface area contributed by atoms with Crippen LogP contribution in [0, 0.1) is 6.92 Å². The molecule has 0 amide bonds. The molecule has 4 aromatic rings. The van der Waals surface area contributed by atoms with Gasteiger partial charge in [0.05, 0.1) is 23.1 Å². The normalized spacial score (nSPS) is 26.5. The molecule has 2 saturated heterocycles. The molecule has 54 heavy (non-hydrogen) atoms. The van der Waals surface area contributed by atoms with E-state index in [1.807, 2.05) is 44.3 Å². The van der Waals surface area contributed by atoms with Crippen LogP contribution < -0.4 is 26.5 Å². The third-order valence-corrected chi connectivity index (χ3v) is 11.4. The predicted octanol–water partition coefficient (Wildman–Crippen LogP) is 4.19. The van der Waals surface area contributed by atoms with E-state index in [1.165, 1.54) is 11.0 Å². The molecule has 9 rings (SSSR count). The number of nitrogens with two attached hydrogens (primary N) is 2. The number of ether oxygens (including phenoxy) is 3. The molecule has 1 aromatic carbocycles. The van der Waals surface area contributed by atoms with Gasteiger partial charge in [-0.2, -0.15) is 0 Å². The fraction of sp³-hybridized carbons (Fsp3) is 0.390. The average molecular weight is 732 g/mol. The number of fused-ring (bicyclic) bond motifs is 5. The van der Waals surface area contributed by atoms with Crippen molar-refractivity contribution in [1.29, 1.82) is 0 Å². The van der Waals surface area contributed by atoms with Crippen LogP contribution in [-0.2, 0) is 27.2 Å². The molecule has 2 fully saturated rings. The van der Waals surface area contributed by atoms with Gasteiger partial charge in [0.1, 0.15) is 76.6 Å². The lowest BCUT2D eigenvalue weighted by atomic mass is 9.77. The van der Waals surface area contributed by atoms with Gasteiger partial charge in [-0.15, -0.1) is 0 Å². The Balaban J connectivity index is 0.921. The molecule has 13 nitrogen and oxygen atoms in total. The lowest BCUT2D eigenvalue weighted by Gasteiger charge is -2.44. The van der Waals surface area contributed by atoms with Gasteiger partial charge in [0, 0.05) is 35.4 Å². The number of aromatic nitrogens is 2. The lowest BCUT2D eigenvalue weighted by molar-refractivity contribution is -0.848. The Labute approximate surface area is 311 Å². The Morgan fingerprint density at radius 3 is 2.70 bits per heavy atom. The number of phenols is 1. The maximum atomic E-state index is 14.1. The number of hydrogen-bond acceptors (Lipinski definition) is 12. The third-order valence-electron chi connectivity index (χ3n) is 11.4. The molecule has 0 radical (unpaired) electrons. The summed E-state index contributed by atoms with van der Waals surface area (Å²) in [7, 11) is 0. The summed E-state index contributed by atoms with van der Waals surface area (Å²) in [6.07, 6.45) is 8.74. The number of pyridine rings is 2. The Morgan fingerprint density at radius 1 is 1.04 bits per heavy atom. The summed E-state index contributed by atoms with van der Waals surface area (Å²) >= 11 is 0.